The molecule has 0 radical (unpaired) electrons. The molecule has 0 amide bonds. The molecule has 0 fully saturated rings. The van der Waals surface area contributed by atoms with E-state index in [4.69, 9.17) is 32.7 Å². The lowest BCUT2D eigenvalue weighted by molar-refractivity contribution is 0.0975. The van der Waals surface area contributed by atoms with Crippen LogP contribution >= 0.6 is 23.2 Å². The second-order valence-electron chi connectivity index (χ2n) is 35.5. The number of imidazole rings is 5. The Hall–Kier alpha value is -15.8. The fourth-order valence-electron chi connectivity index (χ4n) is 17.4. The molecule has 0 spiro atoms. The predicted molar refractivity (Wildman–Crippen MR) is 567 cm³/mol. The summed E-state index contributed by atoms with van der Waals surface area (Å²) in [6.45, 7) is 18.8. The van der Waals surface area contributed by atoms with Gasteiger partial charge in [0.05, 0.1) is 80.8 Å². The zero-order valence-electron chi connectivity index (χ0n) is 80.6. The van der Waals surface area contributed by atoms with Gasteiger partial charge in [0.2, 0.25) is 0 Å². The molecule has 5 aromatic heterocycles. The molecule has 700 valence electrons. The Kier molecular flexibility index (Phi) is 31.3. The number of hydrogen-bond donors (Lipinski definition) is 0. The minimum absolute atomic E-state index is 0.0996. The average molecular weight is 1890 g/mol. The summed E-state index contributed by atoms with van der Waals surface area (Å²) in [6, 6.07) is 104. The van der Waals surface area contributed by atoms with Crippen LogP contribution < -0.4 is 9.47 Å². The second kappa shape index (κ2) is 45.0. The lowest BCUT2D eigenvalue weighted by atomic mass is 10.0. The van der Waals surface area contributed by atoms with Gasteiger partial charge in [0.1, 0.15) is 43.1 Å². The van der Waals surface area contributed by atoms with Gasteiger partial charge in [-0.2, -0.15) is 0 Å². The van der Waals surface area contributed by atoms with Gasteiger partial charge in [-0.1, -0.05) is 180 Å². The topological polar surface area (TPSA) is 193 Å². The van der Waals surface area contributed by atoms with Crippen molar-refractivity contribution >= 4 is 107 Å². The number of para-hydroxylation sites is 2. The zero-order valence-corrected chi connectivity index (χ0v) is 82.1. The van der Waals surface area contributed by atoms with Crippen molar-refractivity contribution in [2.45, 2.75) is 127 Å². The van der Waals surface area contributed by atoms with E-state index in [9.17, 15) is 24.0 Å². The van der Waals surface area contributed by atoms with Gasteiger partial charge in [0.15, 0.2) is 28.9 Å². The van der Waals surface area contributed by atoms with Crippen molar-refractivity contribution in [3.63, 3.8) is 0 Å². The molecule has 0 aliphatic rings. The van der Waals surface area contributed by atoms with Crippen molar-refractivity contribution in [3.8, 4) is 39.9 Å². The van der Waals surface area contributed by atoms with Crippen molar-refractivity contribution in [2.24, 2.45) is 0 Å². The van der Waals surface area contributed by atoms with Crippen LogP contribution in [0.25, 0.3) is 83.6 Å². The summed E-state index contributed by atoms with van der Waals surface area (Å²) in [7, 11) is 3.30. The summed E-state index contributed by atoms with van der Waals surface area (Å²) < 4.78 is 21.0. The molecule has 0 unspecified atom stereocenters. The number of benzene rings is 15. The molecule has 140 heavy (non-hydrogen) atoms. The van der Waals surface area contributed by atoms with E-state index < -0.39 is 0 Å². The smallest absolute Gasteiger partial charge is 0.163 e. The highest BCUT2D eigenvalue weighted by molar-refractivity contribution is 6.31. The van der Waals surface area contributed by atoms with Crippen LogP contribution in [0, 0.1) is 62.3 Å². The number of halogens is 2. The van der Waals surface area contributed by atoms with Gasteiger partial charge < -0.3 is 9.47 Å². The number of ketones is 5. The Labute approximate surface area is 826 Å². The minimum Gasteiger partial charge on any atom is -0.497 e. The lowest BCUT2D eigenvalue weighted by Crippen LogP contribution is -2.02. The Morgan fingerprint density at radius 3 is 1.07 bits per heavy atom. The molecular weight excluding hydrogens is 1780 g/mol. The summed E-state index contributed by atoms with van der Waals surface area (Å²) in [6.07, 6.45) is 14.7. The van der Waals surface area contributed by atoms with Gasteiger partial charge in [-0.15, -0.1) is 0 Å². The molecule has 0 bridgehead atoms. The van der Waals surface area contributed by atoms with Crippen LogP contribution in [-0.4, -0.2) is 90.9 Å². The van der Waals surface area contributed by atoms with Gasteiger partial charge in [-0.3, -0.25) is 46.8 Å². The van der Waals surface area contributed by atoms with Crippen LogP contribution in [0.15, 0.2) is 347 Å². The van der Waals surface area contributed by atoms with Gasteiger partial charge in [0, 0.05) is 87.0 Å². The molecule has 0 saturated heterocycles. The van der Waals surface area contributed by atoms with Crippen LogP contribution in [0.1, 0.15) is 162 Å². The summed E-state index contributed by atoms with van der Waals surface area (Å²) in [5, 5.41) is 1.41. The highest BCUT2D eigenvalue weighted by Gasteiger charge is 2.21. The first-order valence-corrected chi connectivity index (χ1v) is 47.8. The third-order valence-electron chi connectivity index (χ3n) is 25.5. The van der Waals surface area contributed by atoms with Crippen LogP contribution in [0.5, 0.6) is 11.5 Å². The van der Waals surface area contributed by atoms with E-state index in [1.54, 1.807) is 14.2 Å². The van der Waals surface area contributed by atoms with E-state index in [0.29, 0.717) is 90.1 Å². The van der Waals surface area contributed by atoms with Crippen molar-refractivity contribution < 1.29 is 33.4 Å². The molecule has 0 saturated carbocycles. The Bertz CT molecular complexity index is 7930. The van der Waals surface area contributed by atoms with Crippen molar-refractivity contribution in [3.05, 3.63) is 463 Å². The molecule has 0 N–H and O–H groups in total. The summed E-state index contributed by atoms with van der Waals surface area (Å²) in [4.78, 5) is 86.0. The van der Waals surface area contributed by atoms with Gasteiger partial charge in [-0.05, 0) is 331 Å². The highest BCUT2D eigenvalue weighted by Crippen LogP contribution is 2.33. The van der Waals surface area contributed by atoms with Crippen LogP contribution in [0.4, 0.5) is 0 Å². The van der Waals surface area contributed by atoms with E-state index in [1.807, 2.05) is 236 Å². The first-order chi connectivity index (χ1) is 67.9. The third-order valence-corrected chi connectivity index (χ3v) is 26.2. The molecule has 0 aliphatic carbocycles. The summed E-state index contributed by atoms with van der Waals surface area (Å²) >= 11 is 12.4. The number of ether oxygens (including phenoxy) is 2. The molecule has 5 heterocycles. The van der Waals surface area contributed by atoms with Crippen molar-refractivity contribution in [2.75, 3.05) is 14.2 Å². The van der Waals surface area contributed by atoms with E-state index in [2.05, 4.69) is 221 Å². The molecule has 19 heteroatoms. The number of carbonyl (C=O) groups excluding carboxylic acids is 5. The van der Waals surface area contributed by atoms with Crippen molar-refractivity contribution in [1.82, 2.24) is 47.8 Å². The first kappa shape index (κ1) is 97.3. The maximum absolute atomic E-state index is 12.8. The van der Waals surface area contributed by atoms with E-state index >= 15 is 0 Å². The first-order valence-electron chi connectivity index (χ1n) is 47.0. The standard InChI is InChI=1S/C25H24N2O2.2C24H21ClN2O.C24H22N2O2.C24H22N2O/c1-17-8-9-18(2)23(14-17)27-16-26-21-15-20(10-12-22(21)27)24(28)13-11-19-6-4-5-7-25(19)29-3;1-16-6-5-7-17(2)24(16)27-15-26-21-14-19(10-12-22(21)27)23(28)13-11-18-8-3-4-9-20(18)25;1-16-7-10-20(13-17(16)2)27-15-26-22-14-19(8-11-23(22)27)24(28)12-9-18-5-3-4-6-21(18)25;1-17-5-3-7-20(13-17)26-16-25-22-15-19(10-11-23(22)26)24(27)12-9-18-6-4-8-21(14-18)28-2;1-17-6-8-19(9-7-17)10-13-24(27)20-11-12-23-22(15-20)25-16-26(23)21-5-3-4-18(2)14-21/h4-10,12,14-16H,11,13H2,1-3H3;3-10,12,14-15H,11,13H2,1-2H3;3-8,10-11,13-15H,9,12H2,1-2H3;3-8,10-11,13-16H,9,12H2,1-2H3;3-9,11-12,14-16H,10,13H2,1-2H3. The van der Waals surface area contributed by atoms with Crippen LogP contribution in [0.2, 0.25) is 10.0 Å². The molecule has 0 aliphatic heterocycles. The number of carbonyl (C=O) groups is 5. The Morgan fingerprint density at radius 2 is 0.629 bits per heavy atom. The lowest BCUT2D eigenvalue weighted by Gasteiger charge is -2.11. The van der Waals surface area contributed by atoms with Gasteiger partial charge in [0.25, 0.3) is 0 Å². The molecule has 20 aromatic rings. The largest absolute Gasteiger partial charge is 0.497 e. The number of aryl methyl sites for hydroxylation is 14. The quantitative estimate of drug-likeness (QED) is 0.0443. The second-order valence-corrected chi connectivity index (χ2v) is 36.3. The Balaban J connectivity index is 0.000000126. The molecule has 20 rings (SSSR count). The number of hydrogen-bond acceptors (Lipinski definition) is 12. The van der Waals surface area contributed by atoms with Crippen molar-refractivity contribution in [1.29, 1.82) is 0 Å². The van der Waals surface area contributed by atoms with Gasteiger partial charge >= 0.3 is 0 Å². The van der Waals surface area contributed by atoms with Crippen LogP contribution in [0.3, 0.4) is 0 Å². The summed E-state index contributed by atoms with van der Waals surface area (Å²) in [5.41, 5.74) is 34.4. The van der Waals surface area contributed by atoms with E-state index in [-0.39, 0.29) is 28.9 Å². The fourth-order valence-corrected chi connectivity index (χ4v) is 17.9. The maximum Gasteiger partial charge on any atom is 0.163 e. The number of nitrogens with zero attached hydrogens (tertiary/aromatic N) is 10. The number of rotatable bonds is 27. The normalized spacial score (nSPS) is 11.0. The monoisotopic (exact) mass is 1880 g/mol. The maximum atomic E-state index is 12.8. The number of aromatic nitrogens is 10. The van der Waals surface area contributed by atoms with Crippen LogP contribution in [-0.2, 0) is 32.1 Å². The Morgan fingerprint density at radius 1 is 0.264 bits per heavy atom. The SMILES string of the molecule is COc1cccc(CCC(=O)c2ccc3c(c2)ncn3-c2cccc(C)c2)c1.COc1ccccc1CCC(=O)c1ccc2c(c1)ncn2-c1cc(C)ccc1C.Cc1ccc(-n2cnc3cc(C(=O)CCc4ccccc4Cl)ccc32)cc1C.Cc1ccc(CCC(=O)c2ccc3c(c2)ncn3-c2cccc(C)c2)cc1.Cc1cccc(C)c1-n1cnc2cc(C(=O)CCc3ccccc3Cl)ccc21. The summed E-state index contributed by atoms with van der Waals surface area (Å²) in [5.74, 6) is 2.22. The van der Waals surface area contributed by atoms with E-state index in [0.717, 1.165) is 129 Å². The van der Waals surface area contributed by atoms with Gasteiger partial charge in [-0.25, -0.2) is 24.9 Å². The number of methoxy groups -OCH3 is 2. The number of Topliss-reactive ketones (excluding diaryl/α,β-unsaturated/α-hetero) is 5. The van der Waals surface area contributed by atoms with E-state index in [1.165, 1.54) is 55.6 Å². The molecule has 0 atom stereocenters. The molecular formula is C121H110Cl2N10O7. The zero-order chi connectivity index (χ0) is 98.0. The number of fused-ring (bicyclic) bond motifs is 5. The third kappa shape index (κ3) is 23.5. The minimum atomic E-state index is 0.0996. The molecule has 15 aromatic carbocycles. The fraction of sp³-hybridized carbons (Fsp3) is 0.174. The predicted octanol–water partition coefficient (Wildman–Crippen LogP) is 28.3. The average Bonchev–Trinajstić information content (AvgIpc) is 1.62. The molecule has 17 nitrogen and oxygen atoms in total. The highest BCUT2D eigenvalue weighted by atomic mass is 35.5.